The van der Waals surface area contributed by atoms with Crippen molar-refractivity contribution < 1.29 is 9.18 Å². The number of likely N-dealkylation sites (tertiary alicyclic amines) is 1. The number of hydrogen-bond donors (Lipinski definition) is 1. The lowest BCUT2D eigenvalue weighted by Crippen LogP contribution is -2.49. The second-order valence-electron chi connectivity index (χ2n) is 6.11. The van der Waals surface area contributed by atoms with Gasteiger partial charge >= 0.3 is 0 Å². The molecule has 0 radical (unpaired) electrons. The Morgan fingerprint density at radius 3 is 2.83 bits per heavy atom. The van der Waals surface area contributed by atoms with Gasteiger partial charge in [-0.15, -0.1) is 12.4 Å². The SMILES string of the molecule is CC1CCN(C(=O)c2ccn(-c3ccccc3F)n2)C(CN)C1.Cl. The van der Waals surface area contributed by atoms with Crippen molar-refractivity contribution >= 4 is 18.3 Å². The van der Waals surface area contributed by atoms with Crippen LogP contribution in [-0.2, 0) is 0 Å². The number of nitrogens with two attached hydrogens (primary N) is 1. The maximum atomic E-state index is 13.8. The van der Waals surface area contributed by atoms with Gasteiger partial charge in [0, 0.05) is 25.3 Å². The molecule has 24 heavy (non-hydrogen) atoms. The van der Waals surface area contributed by atoms with Crippen molar-refractivity contribution in [1.29, 1.82) is 0 Å². The molecule has 1 saturated heterocycles. The summed E-state index contributed by atoms with van der Waals surface area (Å²) in [6.07, 6.45) is 3.49. The van der Waals surface area contributed by atoms with Gasteiger partial charge in [0.05, 0.1) is 0 Å². The lowest BCUT2D eigenvalue weighted by Gasteiger charge is -2.37. The number of para-hydroxylation sites is 1. The molecule has 1 aliphatic heterocycles. The minimum Gasteiger partial charge on any atom is -0.333 e. The first kappa shape index (κ1) is 18.4. The third-order valence-corrected chi connectivity index (χ3v) is 4.42. The Hall–Kier alpha value is -1.92. The molecule has 0 bridgehead atoms. The van der Waals surface area contributed by atoms with Crippen molar-refractivity contribution in [3.63, 3.8) is 0 Å². The minimum atomic E-state index is -0.374. The van der Waals surface area contributed by atoms with Gasteiger partial charge in [-0.1, -0.05) is 19.1 Å². The highest BCUT2D eigenvalue weighted by atomic mass is 35.5. The summed E-state index contributed by atoms with van der Waals surface area (Å²) in [6.45, 7) is 3.32. The first-order chi connectivity index (χ1) is 11.1. The summed E-state index contributed by atoms with van der Waals surface area (Å²) in [4.78, 5) is 14.5. The van der Waals surface area contributed by atoms with E-state index < -0.39 is 0 Å². The van der Waals surface area contributed by atoms with Crippen molar-refractivity contribution in [3.8, 4) is 5.69 Å². The standard InChI is InChI=1S/C17H21FN4O.ClH/c1-12-6-8-21(13(10-12)11-19)17(23)15-7-9-22(20-15)16-5-3-2-4-14(16)18;/h2-5,7,9,12-13H,6,8,10-11,19H2,1H3;1H. The smallest absolute Gasteiger partial charge is 0.274 e. The number of benzene rings is 1. The van der Waals surface area contributed by atoms with Crippen LogP contribution in [0.5, 0.6) is 0 Å². The van der Waals surface area contributed by atoms with E-state index in [-0.39, 0.29) is 30.2 Å². The molecule has 0 saturated carbocycles. The van der Waals surface area contributed by atoms with Crippen molar-refractivity contribution in [2.45, 2.75) is 25.8 Å². The first-order valence-electron chi connectivity index (χ1n) is 7.91. The number of carbonyl (C=O) groups excluding carboxylic acids is 1. The summed E-state index contributed by atoms with van der Waals surface area (Å²) in [5.74, 6) is 0.0623. The fourth-order valence-electron chi connectivity index (χ4n) is 3.10. The second kappa shape index (κ2) is 7.77. The molecule has 2 atom stereocenters. The maximum absolute atomic E-state index is 13.8. The van der Waals surface area contributed by atoms with Crippen LogP contribution in [-0.4, -0.2) is 39.7 Å². The van der Waals surface area contributed by atoms with Gasteiger partial charge in [0.15, 0.2) is 5.69 Å². The van der Waals surface area contributed by atoms with E-state index in [4.69, 9.17) is 5.73 Å². The zero-order chi connectivity index (χ0) is 16.4. The van der Waals surface area contributed by atoms with E-state index in [1.165, 1.54) is 10.7 Å². The molecular weight excluding hydrogens is 331 g/mol. The third kappa shape index (κ3) is 3.60. The van der Waals surface area contributed by atoms with Crippen LogP contribution in [0.25, 0.3) is 5.69 Å². The molecule has 1 fully saturated rings. The van der Waals surface area contributed by atoms with E-state index in [1.54, 1.807) is 35.4 Å². The summed E-state index contributed by atoms with van der Waals surface area (Å²) in [5, 5.41) is 4.25. The number of hydrogen-bond acceptors (Lipinski definition) is 3. The average Bonchev–Trinajstić information content (AvgIpc) is 3.04. The summed E-state index contributed by atoms with van der Waals surface area (Å²) < 4.78 is 15.2. The Labute approximate surface area is 147 Å². The Morgan fingerprint density at radius 1 is 1.38 bits per heavy atom. The largest absolute Gasteiger partial charge is 0.333 e. The predicted octanol–water partition coefficient (Wildman–Crippen LogP) is 2.63. The molecule has 1 amide bonds. The highest BCUT2D eigenvalue weighted by molar-refractivity contribution is 5.92. The minimum absolute atomic E-state index is 0. The van der Waals surface area contributed by atoms with Gasteiger partial charge in [-0.25, -0.2) is 9.07 Å². The van der Waals surface area contributed by atoms with Gasteiger partial charge in [0.25, 0.3) is 5.91 Å². The van der Waals surface area contributed by atoms with Crippen molar-refractivity contribution in [3.05, 3.63) is 48.0 Å². The summed E-state index contributed by atoms with van der Waals surface area (Å²) in [5.41, 5.74) is 6.47. The summed E-state index contributed by atoms with van der Waals surface area (Å²) >= 11 is 0. The fraction of sp³-hybridized carbons (Fsp3) is 0.412. The van der Waals surface area contributed by atoms with Gasteiger partial charge in [0.2, 0.25) is 0 Å². The van der Waals surface area contributed by atoms with Crippen LogP contribution in [0.2, 0.25) is 0 Å². The third-order valence-electron chi connectivity index (χ3n) is 4.42. The van der Waals surface area contributed by atoms with Crippen LogP contribution in [0.1, 0.15) is 30.3 Å². The number of piperidine rings is 1. The number of nitrogens with zero attached hydrogens (tertiary/aromatic N) is 3. The highest BCUT2D eigenvalue weighted by Gasteiger charge is 2.30. The fourth-order valence-corrected chi connectivity index (χ4v) is 3.10. The molecular formula is C17H22ClFN4O. The molecule has 1 aromatic carbocycles. The molecule has 3 rings (SSSR count). The molecule has 2 unspecified atom stereocenters. The molecule has 0 aliphatic carbocycles. The zero-order valence-electron chi connectivity index (χ0n) is 13.6. The number of amides is 1. The van der Waals surface area contributed by atoms with Gasteiger partial charge in [-0.2, -0.15) is 5.10 Å². The van der Waals surface area contributed by atoms with Crippen LogP contribution in [0.4, 0.5) is 4.39 Å². The number of carbonyl (C=O) groups is 1. The van der Waals surface area contributed by atoms with Crippen LogP contribution in [0.3, 0.4) is 0 Å². The zero-order valence-corrected chi connectivity index (χ0v) is 14.4. The van der Waals surface area contributed by atoms with Crippen molar-refractivity contribution in [2.75, 3.05) is 13.1 Å². The number of rotatable bonds is 3. The highest BCUT2D eigenvalue weighted by Crippen LogP contribution is 2.23. The molecule has 5 nitrogen and oxygen atoms in total. The van der Waals surface area contributed by atoms with E-state index in [0.717, 1.165) is 12.8 Å². The monoisotopic (exact) mass is 352 g/mol. The first-order valence-corrected chi connectivity index (χ1v) is 7.91. The van der Waals surface area contributed by atoms with Crippen LogP contribution >= 0.6 is 12.4 Å². The lowest BCUT2D eigenvalue weighted by atomic mass is 9.92. The van der Waals surface area contributed by atoms with E-state index in [1.807, 2.05) is 0 Å². The summed E-state index contributed by atoms with van der Waals surface area (Å²) in [6, 6.07) is 8.02. The molecule has 2 heterocycles. The quantitative estimate of drug-likeness (QED) is 0.923. The van der Waals surface area contributed by atoms with Crippen molar-refractivity contribution in [1.82, 2.24) is 14.7 Å². The second-order valence-corrected chi connectivity index (χ2v) is 6.11. The number of aromatic nitrogens is 2. The van der Waals surface area contributed by atoms with Crippen LogP contribution in [0.15, 0.2) is 36.5 Å². The van der Waals surface area contributed by atoms with E-state index >= 15 is 0 Å². The predicted molar refractivity (Wildman–Crippen MR) is 93.0 cm³/mol. The van der Waals surface area contributed by atoms with Gasteiger partial charge in [-0.05, 0) is 37.0 Å². The van der Waals surface area contributed by atoms with Crippen LogP contribution in [0, 0.1) is 11.7 Å². The molecule has 1 aliphatic rings. The molecule has 2 N–H and O–H groups in total. The van der Waals surface area contributed by atoms with E-state index in [0.29, 0.717) is 30.4 Å². The molecule has 1 aromatic heterocycles. The molecule has 7 heteroatoms. The summed E-state index contributed by atoms with van der Waals surface area (Å²) in [7, 11) is 0. The van der Waals surface area contributed by atoms with E-state index in [2.05, 4.69) is 12.0 Å². The van der Waals surface area contributed by atoms with Gasteiger partial charge in [0.1, 0.15) is 11.5 Å². The molecule has 130 valence electrons. The van der Waals surface area contributed by atoms with Gasteiger partial charge in [-0.3, -0.25) is 4.79 Å². The van der Waals surface area contributed by atoms with Crippen LogP contribution < -0.4 is 5.73 Å². The Bertz CT molecular complexity index is 705. The van der Waals surface area contributed by atoms with E-state index in [9.17, 15) is 9.18 Å². The molecule has 2 aromatic rings. The topological polar surface area (TPSA) is 64.2 Å². The number of halogens is 2. The maximum Gasteiger partial charge on any atom is 0.274 e. The Kier molecular flexibility index (Phi) is 5.96. The normalized spacial score (nSPS) is 20.5. The Balaban J connectivity index is 0.00000208. The molecule has 0 spiro atoms. The van der Waals surface area contributed by atoms with Gasteiger partial charge < -0.3 is 10.6 Å². The lowest BCUT2D eigenvalue weighted by molar-refractivity contribution is 0.0567. The van der Waals surface area contributed by atoms with Crippen molar-refractivity contribution in [2.24, 2.45) is 11.7 Å². The average molecular weight is 353 g/mol. The Morgan fingerprint density at radius 2 is 2.12 bits per heavy atom.